The van der Waals surface area contributed by atoms with Gasteiger partial charge >= 0.3 is 0 Å². The molecule has 0 unspecified atom stereocenters. The maximum atomic E-state index is 13.4. The second-order valence-corrected chi connectivity index (χ2v) is 5.35. The highest BCUT2D eigenvalue weighted by atomic mass is 19.1. The van der Waals surface area contributed by atoms with E-state index >= 15 is 0 Å². The second-order valence-electron chi connectivity index (χ2n) is 5.35. The molecule has 0 atom stereocenters. The Morgan fingerprint density at radius 3 is 2.68 bits per heavy atom. The quantitative estimate of drug-likeness (QED) is 0.774. The highest BCUT2D eigenvalue weighted by Crippen LogP contribution is 2.31. The van der Waals surface area contributed by atoms with Crippen LogP contribution in [0.3, 0.4) is 0 Å². The van der Waals surface area contributed by atoms with Crippen molar-refractivity contribution in [2.45, 2.75) is 6.42 Å². The minimum Gasteiger partial charge on any atom is -0.496 e. The number of hydrogen-bond acceptors (Lipinski definition) is 4. The van der Waals surface area contributed by atoms with Gasteiger partial charge in [-0.1, -0.05) is 0 Å². The molecule has 3 rings (SSSR count). The van der Waals surface area contributed by atoms with E-state index in [1.165, 1.54) is 19.2 Å². The first-order valence-corrected chi connectivity index (χ1v) is 7.64. The number of carbonyl (C=O) groups is 1. The number of halogens is 1. The maximum Gasteiger partial charge on any atom is 0.229 e. The smallest absolute Gasteiger partial charge is 0.229 e. The number of amides is 1. The second kappa shape index (κ2) is 7.53. The minimum absolute atomic E-state index is 0.179. The lowest BCUT2D eigenvalue weighted by Crippen LogP contribution is -2.15. The van der Waals surface area contributed by atoms with E-state index in [-0.39, 0.29) is 18.1 Å². The van der Waals surface area contributed by atoms with Crippen LogP contribution in [0.25, 0.3) is 11.1 Å². The monoisotopic (exact) mass is 337 g/mol. The standard InChI is InChI=1S/C19H16FN3O2/c1-25-17-12-15(20)2-3-16(17)14-6-9-22-18(11-14)23-19(24)10-13-4-7-21-8-5-13/h2-9,11-12H,10H2,1H3,(H,22,23,24). The molecule has 0 bridgehead atoms. The van der Waals surface area contributed by atoms with Gasteiger partial charge in [0.2, 0.25) is 5.91 Å². The molecule has 6 heteroatoms. The predicted octanol–water partition coefficient (Wildman–Crippen LogP) is 3.47. The Morgan fingerprint density at radius 1 is 1.12 bits per heavy atom. The molecule has 3 aromatic rings. The van der Waals surface area contributed by atoms with Crippen molar-refractivity contribution in [3.63, 3.8) is 0 Å². The Hall–Kier alpha value is -3.28. The van der Waals surface area contributed by atoms with Crippen molar-refractivity contribution in [3.05, 3.63) is 72.4 Å². The van der Waals surface area contributed by atoms with Crippen LogP contribution in [0.2, 0.25) is 0 Å². The first kappa shape index (κ1) is 16.6. The van der Waals surface area contributed by atoms with E-state index in [9.17, 15) is 9.18 Å². The number of carbonyl (C=O) groups excluding carboxylic acids is 1. The van der Waals surface area contributed by atoms with Crippen LogP contribution in [0.1, 0.15) is 5.56 Å². The number of aromatic nitrogens is 2. The van der Waals surface area contributed by atoms with Gasteiger partial charge in [-0.05, 0) is 47.5 Å². The van der Waals surface area contributed by atoms with Crippen molar-refractivity contribution in [2.75, 3.05) is 12.4 Å². The molecule has 2 heterocycles. The van der Waals surface area contributed by atoms with Gasteiger partial charge in [-0.15, -0.1) is 0 Å². The SMILES string of the molecule is COc1cc(F)ccc1-c1ccnc(NC(=O)Cc2ccncc2)c1. The van der Waals surface area contributed by atoms with E-state index in [0.29, 0.717) is 11.6 Å². The predicted molar refractivity (Wildman–Crippen MR) is 92.8 cm³/mol. The van der Waals surface area contributed by atoms with Crippen molar-refractivity contribution in [2.24, 2.45) is 0 Å². The summed E-state index contributed by atoms with van der Waals surface area (Å²) in [6.45, 7) is 0. The molecule has 0 fully saturated rings. The van der Waals surface area contributed by atoms with Gasteiger partial charge in [-0.3, -0.25) is 9.78 Å². The highest BCUT2D eigenvalue weighted by molar-refractivity contribution is 5.92. The Bertz CT molecular complexity index is 885. The van der Waals surface area contributed by atoms with E-state index in [1.54, 1.807) is 48.9 Å². The Morgan fingerprint density at radius 2 is 1.92 bits per heavy atom. The molecule has 1 N–H and O–H groups in total. The fourth-order valence-electron chi connectivity index (χ4n) is 2.44. The largest absolute Gasteiger partial charge is 0.496 e. The summed E-state index contributed by atoms with van der Waals surface area (Å²) in [7, 11) is 1.48. The van der Waals surface area contributed by atoms with E-state index in [0.717, 1.165) is 16.7 Å². The summed E-state index contributed by atoms with van der Waals surface area (Å²) < 4.78 is 18.6. The molecule has 0 aliphatic heterocycles. The third kappa shape index (κ3) is 4.17. The molecular weight excluding hydrogens is 321 g/mol. The Balaban J connectivity index is 1.79. The summed E-state index contributed by atoms with van der Waals surface area (Å²) >= 11 is 0. The van der Waals surface area contributed by atoms with Crippen LogP contribution in [0.4, 0.5) is 10.2 Å². The minimum atomic E-state index is -0.375. The van der Waals surface area contributed by atoms with Crippen LogP contribution in [0, 0.1) is 5.82 Å². The molecular formula is C19H16FN3O2. The molecule has 0 spiro atoms. The van der Waals surface area contributed by atoms with E-state index in [1.807, 2.05) is 0 Å². The third-order valence-corrected chi connectivity index (χ3v) is 3.62. The zero-order chi connectivity index (χ0) is 17.6. The molecule has 0 radical (unpaired) electrons. The Kier molecular flexibility index (Phi) is 4.99. The maximum absolute atomic E-state index is 13.4. The number of nitrogens with zero attached hydrogens (tertiary/aromatic N) is 2. The van der Waals surface area contributed by atoms with Crippen LogP contribution in [-0.4, -0.2) is 23.0 Å². The number of nitrogens with one attached hydrogen (secondary N) is 1. The van der Waals surface area contributed by atoms with Crippen molar-refractivity contribution in [1.29, 1.82) is 0 Å². The number of methoxy groups -OCH3 is 1. The molecule has 2 aromatic heterocycles. The number of ether oxygens (including phenoxy) is 1. The van der Waals surface area contributed by atoms with Crippen molar-refractivity contribution in [3.8, 4) is 16.9 Å². The summed E-state index contributed by atoms with van der Waals surface area (Å²) in [5, 5.41) is 2.76. The number of rotatable bonds is 5. The van der Waals surface area contributed by atoms with Crippen LogP contribution in [0.5, 0.6) is 5.75 Å². The molecule has 0 aliphatic carbocycles. The lowest BCUT2D eigenvalue weighted by atomic mass is 10.1. The summed E-state index contributed by atoms with van der Waals surface area (Å²) in [6.07, 6.45) is 5.10. The van der Waals surface area contributed by atoms with Gasteiger partial charge in [0.15, 0.2) is 0 Å². The van der Waals surface area contributed by atoms with Gasteiger partial charge < -0.3 is 10.1 Å². The van der Waals surface area contributed by atoms with Crippen LogP contribution < -0.4 is 10.1 Å². The van der Waals surface area contributed by atoms with E-state index in [4.69, 9.17) is 4.74 Å². The van der Waals surface area contributed by atoms with Crippen LogP contribution in [0.15, 0.2) is 61.1 Å². The number of anilines is 1. The van der Waals surface area contributed by atoms with Gasteiger partial charge in [0, 0.05) is 30.2 Å². The van der Waals surface area contributed by atoms with Gasteiger partial charge in [-0.25, -0.2) is 9.37 Å². The first-order chi connectivity index (χ1) is 12.2. The van der Waals surface area contributed by atoms with Gasteiger partial charge in [0.25, 0.3) is 0 Å². The normalized spacial score (nSPS) is 10.3. The molecule has 0 aliphatic rings. The lowest BCUT2D eigenvalue weighted by molar-refractivity contribution is -0.115. The molecule has 5 nitrogen and oxygen atoms in total. The average Bonchev–Trinajstić information content (AvgIpc) is 2.62. The van der Waals surface area contributed by atoms with Gasteiger partial charge in [-0.2, -0.15) is 0 Å². The zero-order valence-electron chi connectivity index (χ0n) is 13.6. The summed E-state index contributed by atoms with van der Waals surface area (Å²) in [5.41, 5.74) is 2.35. The molecule has 1 amide bonds. The molecule has 0 saturated heterocycles. The zero-order valence-corrected chi connectivity index (χ0v) is 13.6. The summed E-state index contributed by atoms with van der Waals surface area (Å²) in [4.78, 5) is 20.2. The molecule has 25 heavy (non-hydrogen) atoms. The summed E-state index contributed by atoms with van der Waals surface area (Å²) in [5.74, 6) is 0.283. The fourth-order valence-corrected chi connectivity index (χ4v) is 2.44. The van der Waals surface area contributed by atoms with Gasteiger partial charge in [0.05, 0.1) is 13.5 Å². The van der Waals surface area contributed by atoms with E-state index in [2.05, 4.69) is 15.3 Å². The number of pyridine rings is 2. The summed E-state index contributed by atoms with van der Waals surface area (Å²) in [6, 6.07) is 11.4. The fraction of sp³-hybridized carbons (Fsp3) is 0.105. The van der Waals surface area contributed by atoms with Crippen LogP contribution in [-0.2, 0) is 11.2 Å². The number of benzene rings is 1. The molecule has 0 saturated carbocycles. The Labute approximate surface area is 144 Å². The van der Waals surface area contributed by atoms with Crippen molar-refractivity contribution < 1.29 is 13.9 Å². The average molecular weight is 337 g/mol. The lowest BCUT2D eigenvalue weighted by Gasteiger charge is -2.10. The van der Waals surface area contributed by atoms with Gasteiger partial charge in [0.1, 0.15) is 17.4 Å². The van der Waals surface area contributed by atoms with Crippen molar-refractivity contribution >= 4 is 11.7 Å². The topological polar surface area (TPSA) is 64.1 Å². The number of hydrogen-bond donors (Lipinski definition) is 1. The molecule has 126 valence electrons. The third-order valence-electron chi connectivity index (χ3n) is 3.62. The first-order valence-electron chi connectivity index (χ1n) is 7.64. The molecule has 1 aromatic carbocycles. The van der Waals surface area contributed by atoms with Crippen LogP contribution >= 0.6 is 0 Å². The van der Waals surface area contributed by atoms with E-state index < -0.39 is 0 Å². The highest BCUT2D eigenvalue weighted by Gasteiger charge is 2.10. The van der Waals surface area contributed by atoms with Crippen molar-refractivity contribution in [1.82, 2.24) is 9.97 Å².